The summed E-state index contributed by atoms with van der Waals surface area (Å²) < 4.78 is 33.3. The van der Waals surface area contributed by atoms with Gasteiger partial charge in [0.2, 0.25) is 5.91 Å². The second-order valence-corrected chi connectivity index (χ2v) is 8.59. The minimum absolute atomic E-state index is 0.0219. The highest BCUT2D eigenvalue weighted by Gasteiger charge is 2.30. The topological polar surface area (TPSA) is 75.7 Å². The molecule has 2 aromatic carbocycles. The lowest BCUT2D eigenvalue weighted by Gasteiger charge is -2.26. The minimum atomic E-state index is -4.02. The Bertz CT molecular complexity index is 898. The highest BCUT2D eigenvalue weighted by atomic mass is 32.2. The Morgan fingerprint density at radius 3 is 2.46 bits per heavy atom. The van der Waals surface area contributed by atoms with Gasteiger partial charge in [-0.2, -0.15) is 0 Å². The summed E-state index contributed by atoms with van der Waals surface area (Å²) >= 11 is 0. The summed E-state index contributed by atoms with van der Waals surface area (Å²) in [5.41, 5.74) is 1.21. The highest BCUT2D eigenvalue weighted by Crippen LogP contribution is 2.30. The number of para-hydroxylation sites is 1. The standard InChI is InChI=1S/C21H28N2O4S/c1-5-9-17(3)22-21(24)15-23(18-10-7-6-8-11-18)28(25,26)20-14-16(2)12-13-19(20)27-4/h6-8,10-14,17H,5,9,15H2,1-4H3,(H,22,24)/t17-/m0/s1. The average molecular weight is 405 g/mol. The third kappa shape index (κ3) is 5.25. The van der Waals surface area contributed by atoms with Crippen LogP contribution in [-0.4, -0.2) is 34.0 Å². The van der Waals surface area contributed by atoms with Crippen LogP contribution in [0.1, 0.15) is 32.3 Å². The molecule has 1 N–H and O–H groups in total. The average Bonchev–Trinajstić information content (AvgIpc) is 2.66. The van der Waals surface area contributed by atoms with Crippen molar-refractivity contribution >= 4 is 21.6 Å². The summed E-state index contributed by atoms with van der Waals surface area (Å²) in [5, 5.41) is 2.87. The first-order valence-corrected chi connectivity index (χ1v) is 10.8. The molecule has 0 aliphatic rings. The van der Waals surface area contributed by atoms with Crippen LogP contribution in [0.15, 0.2) is 53.4 Å². The molecule has 2 rings (SSSR count). The molecule has 7 heteroatoms. The second-order valence-electron chi connectivity index (χ2n) is 6.76. The molecule has 0 fully saturated rings. The third-order valence-corrected chi connectivity index (χ3v) is 6.14. The zero-order valence-corrected chi connectivity index (χ0v) is 17.6. The Balaban J connectivity index is 2.45. The maximum Gasteiger partial charge on any atom is 0.268 e. The summed E-state index contributed by atoms with van der Waals surface area (Å²) in [6.45, 7) is 5.45. The number of aryl methyl sites for hydroxylation is 1. The molecule has 152 valence electrons. The molecule has 0 aromatic heterocycles. The first-order chi connectivity index (χ1) is 13.3. The first-order valence-electron chi connectivity index (χ1n) is 9.31. The molecule has 0 saturated carbocycles. The van der Waals surface area contributed by atoms with Crippen LogP contribution in [0.5, 0.6) is 5.75 Å². The number of benzene rings is 2. The third-order valence-electron chi connectivity index (χ3n) is 4.35. The Morgan fingerprint density at radius 2 is 1.86 bits per heavy atom. The van der Waals surface area contributed by atoms with Crippen LogP contribution in [0.4, 0.5) is 5.69 Å². The van der Waals surface area contributed by atoms with Crippen molar-refractivity contribution in [3.05, 3.63) is 54.1 Å². The molecular weight excluding hydrogens is 376 g/mol. The molecule has 0 aliphatic carbocycles. The van der Waals surface area contributed by atoms with Crippen molar-refractivity contribution in [1.82, 2.24) is 5.32 Å². The van der Waals surface area contributed by atoms with Crippen LogP contribution in [0.3, 0.4) is 0 Å². The van der Waals surface area contributed by atoms with Crippen LogP contribution >= 0.6 is 0 Å². The molecule has 0 heterocycles. The molecule has 1 amide bonds. The van der Waals surface area contributed by atoms with Crippen molar-refractivity contribution in [1.29, 1.82) is 0 Å². The largest absolute Gasteiger partial charge is 0.495 e. The molecule has 0 radical (unpaired) electrons. The Labute approximate surface area is 167 Å². The Kier molecular flexibility index (Phi) is 7.45. The van der Waals surface area contributed by atoms with E-state index in [-0.39, 0.29) is 29.1 Å². The summed E-state index contributed by atoms with van der Waals surface area (Å²) in [6, 6.07) is 13.5. The maximum atomic E-state index is 13.5. The number of nitrogens with one attached hydrogen (secondary N) is 1. The van der Waals surface area contributed by atoms with Gasteiger partial charge < -0.3 is 10.1 Å². The number of rotatable bonds is 9. The lowest BCUT2D eigenvalue weighted by Crippen LogP contribution is -2.43. The second kappa shape index (κ2) is 9.59. The fourth-order valence-electron chi connectivity index (χ4n) is 2.97. The molecule has 6 nitrogen and oxygen atoms in total. The van der Waals surface area contributed by atoms with E-state index in [0.29, 0.717) is 5.69 Å². The number of methoxy groups -OCH3 is 1. The van der Waals surface area contributed by atoms with Crippen LogP contribution < -0.4 is 14.4 Å². The fourth-order valence-corrected chi connectivity index (χ4v) is 4.63. The lowest BCUT2D eigenvalue weighted by molar-refractivity contribution is -0.120. The molecule has 0 spiro atoms. The van der Waals surface area contributed by atoms with Gasteiger partial charge in [-0.3, -0.25) is 9.10 Å². The van der Waals surface area contributed by atoms with Gasteiger partial charge in [0.1, 0.15) is 17.2 Å². The van der Waals surface area contributed by atoms with Crippen molar-refractivity contribution < 1.29 is 17.9 Å². The number of amides is 1. The summed E-state index contributed by atoms with van der Waals surface area (Å²) in [5.74, 6) is -0.105. The monoisotopic (exact) mass is 404 g/mol. The maximum absolute atomic E-state index is 13.5. The van der Waals surface area contributed by atoms with Gasteiger partial charge in [-0.15, -0.1) is 0 Å². The quantitative estimate of drug-likeness (QED) is 0.694. The van der Waals surface area contributed by atoms with Gasteiger partial charge in [-0.05, 0) is 50.1 Å². The number of carbonyl (C=O) groups excluding carboxylic acids is 1. The molecule has 0 aliphatic heterocycles. The van der Waals surface area contributed by atoms with Gasteiger partial charge in [0.15, 0.2) is 0 Å². The molecule has 2 aromatic rings. The summed E-state index contributed by atoms with van der Waals surface area (Å²) in [7, 11) is -2.59. The van der Waals surface area contributed by atoms with Crippen molar-refractivity contribution in [2.24, 2.45) is 0 Å². The molecule has 28 heavy (non-hydrogen) atoms. The van der Waals surface area contributed by atoms with E-state index in [9.17, 15) is 13.2 Å². The molecule has 0 bridgehead atoms. The summed E-state index contributed by atoms with van der Waals surface area (Å²) in [6.07, 6.45) is 1.76. The van der Waals surface area contributed by atoms with Crippen LogP contribution in [0.25, 0.3) is 0 Å². The number of hydrogen-bond donors (Lipinski definition) is 1. The van der Waals surface area contributed by atoms with Crippen molar-refractivity contribution in [2.75, 3.05) is 18.0 Å². The van der Waals surface area contributed by atoms with Gasteiger partial charge in [-0.1, -0.05) is 37.6 Å². The predicted octanol–water partition coefficient (Wildman–Crippen LogP) is 3.50. The lowest BCUT2D eigenvalue weighted by atomic mass is 10.2. The number of carbonyl (C=O) groups is 1. The van der Waals surface area contributed by atoms with Gasteiger partial charge >= 0.3 is 0 Å². The van der Waals surface area contributed by atoms with Gasteiger partial charge in [0.25, 0.3) is 10.0 Å². The SMILES string of the molecule is CCC[C@H](C)NC(=O)CN(c1ccccc1)S(=O)(=O)c1cc(C)ccc1OC. The Hall–Kier alpha value is -2.54. The molecular formula is C21H28N2O4S. The van der Waals surface area contributed by atoms with Crippen LogP contribution in [0, 0.1) is 6.92 Å². The normalized spacial score (nSPS) is 12.3. The number of nitrogens with zero attached hydrogens (tertiary/aromatic N) is 1. The smallest absolute Gasteiger partial charge is 0.268 e. The number of hydrogen-bond acceptors (Lipinski definition) is 4. The van der Waals surface area contributed by atoms with E-state index in [0.717, 1.165) is 22.7 Å². The van der Waals surface area contributed by atoms with Gasteiger partial charge in [0.05, 0.1) is 12.8 Å². The van der Waals surface area contributed by atoms with Crippen molar-refractivity contribution in [2.45, 2.75) is 44.6 Å². The van der Waals surface area contributed by atoms with Gasteiger partial charge in [0, 0.05) is 6.04 Å². The van der Waals surface area contributed by atoms with E-state index >= 15 is 0 Å². The van der Waals surface area contributed by atoms with E-state index in [1.165, 1.54) is 7.11 Å². The van der Waals surface area contributed by atoms with Crippen LogP contribution in [0.2, 0.25) is 0 Å². The fraction of sp³-hybridized carbons (Fsp3) is 0.381. The van der Waals surface area contributed by atoms with E-state index in [1.54, 1.807) is 48.5 Å². The van der Waals surface area contributed by atoms with E-state index in [1.807, 2.05) is 20.8 Å². The Morgan fingerprint density at radius 1 is 1.18 bits per heavy atom. The predicted molar refractivity (Wildman–Crippen MR) is 111 cm³/mol. The summed E-state index contributed by atoms with van der Waals surface area (Å²) in [4.78, 5) is 12.6. The van der Waals surface area contributed by atoms with Crippen molar-refractivity contribution in [3.63, 3.8) is 0 Å². The van der Waals surface area contributed by atoms with E-state index in [2.05, 4.69) is 5.32 Å². The molecule has 0 unspecified atom stereocenters. The number of ether oxygens (including phenoxy) is 1. The van der Waals surface area contributed by atoms with Gasteiger partial charge in [-0.25, -0.2) is 8.42 Å². The van der Waals surface area contributed by atoms with E-state index in [4.69, 9.17) is 4.74 Å². The van der Waals surface area contributed by atoms with Crippen molar-refractivity contribution in [3.8, 4) is 5.75 Å². The van der Waals surface area contributed by atoms with Crippen LogP contribution in [-0.2, 0) is 14.8 Å². The first kappa shape index (κ1) is 21.8. The minimum Gasteiger partial charge on any atom is -0.495 e. The molecule has 1 atom stereocenters. The highest BCUT2D eigenvalue weighted by molar-refractivity contribution is 7.93. The number of sulfonamides is 1. The zero-order chi connectivity index (χ0) is 20.7. The number of anilines is 1. The molecule has 0 saturated heterocycles. The van der Waals surface area contributed by atoms with E-state index < -0.39 is 10.0 Å². The zero-order valence-electron chi connectivity index (χ0n) is 16.8.